The Balaban J connectivity index is 2.45. The van der Waals surface area contributed by atoms with Gasteiger partial charge in [0.15, 0.2) is 11.5 Å². The summed E-state index contributed by atoms with van der Waals surface area (Å²) in [6, 6.07) is 13.0. The van der Waals surface area contributed by atoms with Crippen LogP contribution in [0.1, 0.15) is 24.2 Å². The molecule has 27 heavy (non-hydrogen) atoms. The van der Waals surface area contributed by atoms with Crippen LogP contribution in [0.5, 0.6) is 11.5 Å². The van der Waals surface area contributed by atoms with Crippen LogP contribution in [-0.4, -0.2) is 29.4 Å². The topological polar surface area (TPSA) is 73.1 Å². The van der Waals surface area contributed by atoms with Gasteiger partial charge in [-0.1, -0.05) is 18.2 Å². The second-order valence-corrected chi connectivity index (χ2v) is 5.88. The van der Waals surface area contributed by atoms with Gasteiger partial charge in [0.2, 0.25) is 0 Å². The molecular formula is C21H22N2O4. The van der Waals surface area contributed by atoms with Crippen molar-refractivity contribution in [3.63, 3.8) is 0 Å². The predicted octanol–water partition coefficient (Wildman–Crippen LogP) is 4.00. The Morgan fingerprint density at radius 1 is 1.15 bits per heavy atom. The van der Waals surface area contributed by atoms with Crippen LogP contribution >= 0.6 is 0 Å². The molecule has 2 aromatic carbocycles. The minimum atomic E-state index is -1.03. The van der Waals surface area contributed by atoms with Crippen molar-refractivity contribution in [3.8, 4) is 11.5 Å². The third kappa shape index (κ3) is 3.65. The van der Waals surface area contributed by atoms with Crippen molar-refractivity contribution in [2.75, 3.05) is 13.7 Å². The Morgan fingerprint density at radius 2 is 1.89 bits per heavy atom. The lowest BCUT2D eigenvalue weighted by Crippen LogP contribution is -2.20. The predicted molar refractivity (Wildman–Crippen MR) is 104 cm³/mol. The van der Waals surface area contributed by atoms with Gasteiger partial charge in [0.25, 0.3) is 0 Å². The number of carboxylic acid groups (broad SMARTS) is 1. The maximum absolute atomic E-state index is 11.9. The number of aromatic nitrogens is 1. The van der Waals surface area contributed by atoms with Crippen LogP contribution in [0.15, 0.2) is 53.7 Å². The second-order valence-electron chi connectivity index (χ2n) is 5.88. The molecule has 1 N–H and O–H groups in total. The van der Waals surface area contributed by atoms with E-state index in [0.717, 1.165) is 5.52 Å². The number of benzene rings is 2. The number of fused-ring (bicyclic) bond motifs is 1. The van der Waals surface area contributed by atoms with Gasteiger partial charge in [0.05, 0.1) is 30.3 Å². The van der Waals surface area contributed by atoms with E-state index < -0.39 is 5.97 Å². The van der Waals surface area contributed by atoms with E-state index >= 15 is 0 Å². The number of hydrogen-bond donors (Lipinski definition) is 1. The molecule has 0 amide bonds. The molecule has 0 saturated carbocycles. The molecule has 0 bridgehead atoms. The van der Waals surface area contributed by atoms with Crippen LogP contribution in [0, 0.1) is 0 Å². The first-order valence-electron chi connectivity index (χ1n) is 8.80. The molecule has 1 aromatic heterocycles. The number of aryl methyl sites for hydroxylation is 1. The fourth-order valence-corrected chi connectivity index (χ4v) is 3.01. The molecule has 0 saturated heterocycles. The number of para-hydroxylation sites is 1. The van der Waals surface area contributed by atoms with Gasteiger partial charge in [-0.3, -0.25) is 0 Å². The number of hydrogen-bond acceptors (Lipinski definition) is 4. The van der Waals surface area contributed by atoms with Gasteiger partial charge in [-0.15, -0.1) is 0 Å². The molecule has 6 heteroatoms. The fraction of sp³-hybridized carbons (Fsp3) is 0.238. The maximum atomic E-state index is 11.9. The number of carbonyl (C=O) groups is 1. The van der Waals surface area contributed by atoms with Crippen molar-refractivity contribution in [2.45, 2.75) is 20.4 Å². The SMILES string of the molecule is CCOc1cc2c(cc1OC)c(=Nc1ccccc1)c(C(=O)O)cn2CC. The van der Waals surface area contributed by atoms with Crippen LogP contribution in [0.25, 0.3) is 10.9 Å². The summed E-state index contributed by atoms with van der Waals surface area (Å²) in [6.07, 6.45) is 1.62. The standard InChI is InChI=1S/C21H22N2O4/c1-4-23-13-16(21(24)25)20(22-14-9-7-6-8-10-14)15-11-18(26-3)19(27-5-2)12-17(15)23/h6-13H,4-5H2,1-3H3,(H,24,25). The van der Waals surface area contributed by atoms with Gasteiger partial charge in [-0.05, 0) is 32.0 Å². The van der Waals surface area contributed by atoms with Crippen molar-refractivity contribution >= 4 is 22.6 Å². The average Bonchev–Trinajstić information content (AvgIpc) is 2.68. The molecule has 0 fully saturated rings. The summed E-state index contributed by atoms with van der Waals surface area (Å²) in [7, 11) is 1.56. The van der Waals surface area contributed by atoms with E-state index in [1.54, 1.807) is 19.4 Å². The monoisotopic (exact) mass is 366 g/mol. The van der Waals surface area contributed by atoms with Gasteiger partial charge >= 0.3 is 5.97 Å². The van der Waals surface area contributed by atoms with Gasteiger partial charge < -0.3 is 19.1 Å². The van der Waals surface area contributed by atoms with E-state index in [2.05, 4.69) is 4.99 Å². The zero-order valence-corrected chi connectivity index (χ0v) is 15.6. The number of methoxy groups -OCH3 is 1. The zero-order valence-electron chi connectivity index (χ0n) is 15.6. The molecule has 0 unspecified atom stereocenters. The first-order chi connectivity index (χ1) is 13.1. The van der Waals surface area contributed by atoms with E-state index in [0.29, 0.717) is 41.1 Å². The van der Waals surface area contributed by atoms with Crippen molar-refractivity contribution in [1.82, 2.24) is 4.57 Å². The summed E-state index contributed by atoms with van der Waals surface area (Å²) in [5, 5.41) is 10.9. The third-order valence-corrected chi connectivity index (χ3v) is 4.25. The van der Waals surface area contributed by atoms with E-state index in [-0.39, 0.29) is 5.56 Å². The molecule has 6 nitrogen and oxygen atoms in total. The van der Waals surface area contributed by atoms with Crippen molar-refractivity contribution in [2.24, 2.45) is 4.99 Å². The second kappa shape index (κ2) is 7.95. The highest BCUT2D eigenvalue weighted by atomic mass is 16.5. The summed E-state index contributed by atoms with van der Waals surface area (Å²) in [5.74, 6) is 0.129. The lowest BCUT2D eigenvalue weighted by molar-refractivity contribution is 0.0694. The highest BCUT2D eigenvalue weighted by molar-refractivity contribution is 5.93. The summed E-state index contributed by atoms with van der Waals surface area (Å²) >= 11 is 0. The Labute approximate surface area is 157 Å². The fourth-order valence-electron chi connectivity index (χ4n) is 3.01. The Kier molecular flexibility index (Phi) is 5.45. The van der Waals surface area contributed by atoms with Gasteiger partial charge in [0, 0.05) is 24.2 Å². The molecule has 3 aromatic rings. The van der Waals surface area contributed by atoms with Crippen LogP contribution in [-0.2, 0) is 6.54 Å². The third-order valence-electron chi connectivity index (χ3n) is 4.25. The smallest absolute Gasteiger partial charge is 0.339 e. The van der Waals surface area contributed by atoms with Crippen LogP contribution in [0.3, 0.4) is 0 Å². The van der Waals surface area contributed by atoms with Crippen LogP contribution in [0.4, 0.5) is 5.69 Å². The van der Waals surface area contributed by atoms with E-state index in [1.807, 2.05) is 54.8 Å². The van der Waals surface area contributed by atoms with Crippen LogP contribution < -0.4 is 14.8 Å². The lowest BCUT2D eigenvalue weighted by atomic mass is 10.1. The van der Waals surface area contributed by atoms with E-state index in [1.165, 1.54) is 0 Å². The van der Waals surface area contributed by atoms with Gasteiger partial charge in [-0.2, -0.15) is 0 Å². The lowest BCUT2D eigenvalue weighted by Gasteiger charge is -2.16. The minimum Gasteiger partial charge on any atom is -0.493 e. The zero-order chi connectivity index (χ0) is 19.4. The number of pyridine rings is 1. The Bertz CT molecular complexity index is 1040. The van der Waals surface area contributed by atoms with Crippen molar-refractivity contribution in [3.05, 3.63) is 59.6 Å². The minimum absolute atomic E-state index is 0.138. The Morgan fingerprint density at radius 3 is 2.48 bits per heavy atom. The van der Waals surface area contributed by atoms with Crippen molar-refractivity contribution in [1.29, 1.82) is 0 Å². The summed E-state index contributed by atoms with van der Waals surface area (Å²) in [4.78, 5) is 16.5. The molecule has 140 valence electrons. The molecule has 1 heterocycles. The molecule has 0 aliphatic carbocycles. The summed E-state index contributed by atoms with van der Waals surface area (Å²) in [6.45, 7) is 4.98. The highest BCUT2D eigenvalue weighted by Crippen LogP contribution is 2.31. The molecular weight excluding hydrogens is 344 g/mol. The number of nitrogens with zero attached hydrogens (tertiary/aromatic N) is 2. The highest BCUT2D eigenvalue weighted by Gasteiger charge is 2.16. The first-order valence-corrected chi connectivity index (χ1v) is 8.80. The number of carboxylic acids is 1. The number of ether oxygens (including phenoxy) is 2. The summed E-state index contributed by atoms with van der Waals surface area (Å²) in [5.41, 5.74) is 1.66. The maximum Gasteiger partial charge on any atom is 0.339 e. The number of aromatic carboxylic acids is 1. The van der Waals surface area contributed by atoms with E-state index in [4.69, 9.17) is 9.47 Å². The van der Waals surface area contributed by atoms with Crippen LogP contribution in [0.2, 0.25) is 0 Å². The number of rotatable bonds is 6. The largest absolute Gasteiger partial charge is 0.493 e. The molecule has 3 rings (SSSR count). The van der Waals surface area contributed by atoms with Gasteiger partial charge in [0.1, 0.15) is 5.56 Å². The molecule has 0 atom stereocenters. The normalized spacial score (nSPS) is 11.6. The molecule has 0 radical (unpaired) electrons. The summed E-state index contributed by atoms with van der Waals surface area (Å²) < 4.78 is 13.0. The molecule has 0 aliphatic rings. The molecule has 0 spiro atoms. The molecule has 0 aliphatic heterocycles. The first kappa shape index (κ1) is 18.5. The Hall–Kier alpha value is -3.28. The van der Waals surface area contributed by atoms with Crippen molar-refractivity contribution < 1.29 is 19.4 Å². The van der Waals surface area contributed by atoms with E-state index in [9.17, 15) is 9.90 Å². The van der Waals surface area contributed by atoms with Gasteiger partial charge in [-0.25, -0.2) is 9.79 Å². The quantitative estimate of drug-likeness (QED) is 0.716. The average molecular weight is 366 g/mol.